The average Bonchev–Trinajstić information content (AvgIpc) is 2.84. The summed E-state index contributed by atoms with van der Waals surface area (Å²) in [5.74, 6) is 0.0283. The number of para-hydroxylation sites is 1. The zero-order chi connectivity index (χ0) is 12.4. The van der Waals surface area contributed by atoms with E-state index in [0.717, 1.165) is 24.1 Å². The van der Waals surface area contributed by atoms with Crippen LogP contribution in [0.3, 0.4) is 0 Å². The molecular formula is C15H15NOS. The Bertz CT molecular complexity index is 559. The first kappa shape index (κ1) is 11.5. The van der Waals surface area contributed by atoms with Gasteiger partial charge in [-0.3, -0.25) is 4.79 Å². The van der Waals surface area contributed by atoms with Crippen molar-refractivity contribution in [2.75, 3.05) is 5.32 Å². The van der Waals surface area contributed by atoms with E-state index in [0.29, 0.717) is 0 Å². The minimum Gasteiger partial charge on any atom is -0.322 e. The number of nitrogens with one attached hydrogen (secondary N) is 1. The van der Waals surface area contributed by atoms with Gasteiger partial charge in [0.15, 0.2) is 0 Å². The first-order chi connectivity index (χ1) is 8.84. The van der Waals surface area contributed by atoms with Crippen LogP contribution >= 0.6 is 11.3 Å². The van der Waals surface area contributed by atoms with Gasteiger partial charge in [-0.15, -0.1) is 11.3 Å². The summed E-state index contributed by atoms with van der Waals surface area (Å²) in [6.07, 6.45) is 4.65. The number of anilines is 1. The number of hydrogen-bond acceptors (Lipinski definition) is 2. The van der Waals surface area contributed by atoms with Crippen LogP contribution in [0, 0.1) is 0 Å². The molecule has 0 fully saturated rings. The topological polar surface area (TPSA) is 29.1 Å². The van der Waals surface area contributed by atoms with Crippen LogP contribution in [-0.4, -0.2) is 5.91 Å². The average molecular weight is 257 g/mol. The van der Waals surface area contributed by atoms with Crippen LogP contribution in [0.5, 0.6) is 0 Å². The highest BCUT2D eigenvalue weighted by Gasteiger charge is 2.19. The summed E-state index contributed by atoms with van der Waals surface area (Å²) >= 11 is 1.73. The molecule has 1 aromatic carbocycles. The highest BCUT2D eigenvalue weighted by Crippen LogP contribution is 2.30. The summed E-state index contributed by atoms with van der Waals surface area (Å²) in [5, 5.41) is 4.97. The van der Waals surface area contributed by atoms with Gasteiger partial charge in [0, 0.05) is 15.9 Å². The maximum absolute atomic E-state index is 12.2. The molecule has 0 unspecified atom stereocenters. The molecule has 0 saturated heterocycles. The van der Waals surface area contributed by atoms with Crippen LogP contribution < -0.4 is 5.32 Å². The van der Waals surface area contributed by atoms with Crippen molar-refractivity contribution < 1.29 is 4.79 Å². The fraction of sp³-hybridized carbons (Fsp3) is 0.267. The van der Waals surface area contributed by atoms with E-state index in [1.807, 2.05) is 35.7 Å². The lowest BCUT2D eigenvalue weighted by Gasteiger charge is -2.12. The van der Waals surface area contributed by atoms with Gasteiger partial charge >= 0.3 is 0 Å². The van der Waals surface area contributed by atoms with Gasteiger partial charge in [-0.1, -0.05) is 18.2 Å². The molecule has 18 heavy (non-hydrogen) atoms. The van der Waals surface area contributed by atoms with Crippen molar-refractivity contribution in [1.29, 1.82) is 0 Å². The van der Waals surface area contributed by atoms with Crippen LogP contribution in [0.4, 0.5) is 5.69 Å². The number of rotatable bonds is 2. The number of amides is 1. The molecule has 92 valence electrons. The molecule has 1 N–H and O–H groups in total. The van der Waals surface area contributed by atoms with E-state index in [-0.39, 0.29) is 5.91 Å². The van der Waals surface area contributed by atoms with E-state index in [9.17, 15) is 4.79 Å². The number of benzene rings is 1. The van der Waals surface area contributed by atoms with E-state index in [1.165, 1.54) is 23.3 Å². The number of carbonyl (C=O) groups excluding carboxylic acids is 1. The smallest absolute Gasteiger partial charge is 0.256 e. The maximum Gasteiger partial charge on any atom is 0.256 e. The zero-order valence-corrected chi connectivity index (χ0v) is 10.9. The Balaban J connectivity index is 1.83. The fourth-order valence-corrected chi connectivity index (χ4v) is 3.53. The monoisotopic (exact) mass is 257 g/mol. The molecule has 0 atom stereocenters. The molecule has 0 saturated carbocycles. The van der Waals surface area contributed by atoms with Crippen molar-refractivity contribution in [1.82, 2.24) is 0 Å². The third-order valence-electron chi connectivity index (χ3n) is 3.34. The second-order valence-corrected chi connectivity index (χ2v) is 5.54. The van der Waals surface area contributed by atoms with E-state index in [1.54, 1.807) is 11.3 Å². The van der Waals surface area contributed by atoms with Crippen molar-refractivity contribution in [2.24, 2.45) is 0 Å². The molecule has 2 nitrogen and oxygen atoms in total. The molecule has 2 aromatic rings. The van der Waals surface area contributed by atoms with E-state index >= 15 is 0 Å². The Kier molecular flexibility index (Phi) is 3.15. The fourth-order valence-electron chi connectivity index (χ4n) is 2.40. The van der Waals surface area contributed by atoms with Gasteiger partial charge < -0.3 is 5.32 Å². The van der Waals surface area contributed by atoms with Crippen molar-refractivity contribution in [3.05, 3.63) is 51.7 Å². The lowest BCUT2D eigenvalue weighted by atomic mass is 9.95. The summed E-state index contributed by atoms with van der Waals surface area (Å²) in [7, 11) is 0. The van der Waals surface area contributed by atoms with Crippen LogP contribution in [0.25, 0.3) is 0 Å². The molecule has 0 aliphatic heterocycles. The van der Waals surface area contributed by atoms with E-state index in [4.69, 9.17) is 0 Å². The zero-order valence-electron chi connectivity index (χ0n) is 10.1. The lowest BCUT2D eigenvalue weighted by Crippen LogP contribution is -2.14. The highest BCUT2D eigenvalue weighted by atomic mass is 32.1. The van der Waals surface area contributed by atoms with Crippen molar-refractivity contribution in [2.45, 2.75) is 25.7 Å². The van der Waals surface area contributed by atoms with Gasteiger partial charge in [0.05, 0.1) is 5.56 Å². The molecule has 0 bridgehead atoms. The van der Waals surface area contributed by atoms with Gasteiger partial charge in [-0.25, -0.2) is 0 Å². The second-order valence-electron chi connectivity index (χ2n) is 4.58. The van der Waals surface area contributed by atoms with Crippen molar-refractivity contribution in [3.63, 3.8) is 0 Å². The quantitative estimate of drug-likeness (QED) is 0.869. The molecule has 1 aliphatic carbocycles. The Morgan fingerprint density at radius 3 is 2.72 bits per heavy atom. The molecule has 3 heteroatoms. The predicted molar refractivity (Wildman–Crippen MR) is 75.4 cm³/mol. The van der Waals surface area contributed by atoms with Crippen LogP contribution in [-0.2, 0) is 12.8 Å². The number of hydrogen-bond donors (Lipinski definition) is 1. The van der Waals surface area contributed by atoms with Gasteiger partial charge in [0.25, 0.3) is 5.91 Å². The molecule has 1 amide bonds. The summed E-state index contributed by atoms with van der Waals surface area (Å²) in [4.78, 5) is 13.6. The first-order valence-corrected chi connectivity index (χ1v) is 7.18. The van der Waals surface area contributed by atoms with Gasteiger partial charge in [-0.2, -0.15) is 0 Å². The SMILES string of the molecule is O=C(Nc1ccccc1)c1csc2c1CCCC2. The number of aryl methyl sites for hydroxylation is 1. The molecule has 0 radical (unpaired) electrons. The lowest BCUT2D eigenvalue weighted by molar-refractivity contribution is 0.102. The summed E-state index contributed by atoms with van der Waals surface area (Å²) in [5.41, 5.74) is 3.01. The number of carbonyl (C=O) groups is 1. The standard InChI is InChI=1S/C15H15NOS/c17-15(16-11-6-2-1-3-7-11)13-10-18-14-9-5-4-8-12(13)14/h1-3,6-7,10H,4-5,8-9H2,(H,16,17). The largest absolute Gasteiger partial charge is 0.322 e. The molecule has 1 aliphatic rings. The molecule has 3 rings (SSSR count). The Morgan fingerprint density at radius 1 is 1.11 bits per heavy atom. The maximum atomic E-state index is 12.2. The Morgan fingerprint density at radius 2 is 1.89 bits per heavy atom. The van der Waals surface area contributed by atoms with Gasteiger partial charge in [0.2, 0.25) is 0 Å². The first-order valence-electron chi connectivity index (χ1n) is 6.30. The number of fused-ring (bicyclic) bond motifs is 1. The molecule has 1 aromatic heterocycles. The summed E-state index contributed by atoms with van der Waals surface area (Å²) < 4.78 is 0. The minimum absolute atomic E-state index is 0.0283. The van der Waals surface area contributed by atoms with E-state index < -0.39 is 0 Å². The molecular weight excluding hydrogens is 242 g/mol. The normalized spacial score (nSPS) is 14.0. The van der Waals surface area contributed by atoms with Gasteiger partial charge in [0.1, 0.15) is 0 Å². The van der Waals surface area contributed by atoms with Gasteiger partial charge in [-0.05, 0) is 43.4 Å². The Hall–Kier alpha value is -1.61. The van der Waals surface area contributed by atoms with E-state index in [2.05, 4.69) is 5.32 Å². The molecule has 0 spiro atoms. The summed E-state index contributed by atoms with van der Waals surface area (Å²) in [6.45, 7) is 0. The van der Waals surface area contributed by atoms with Crippen LogP contribution in [0.2, 0.25) is 0 Å². The highest BCUT2D eigenvalue weighted by molar-refractivity contribution is 7.10. The molecule has 1 heterocycles. The van der Waals surface area contributed by atoms with Crippen molar-refractivity contribution in [3.8, 4) is 0 Å². The van der Waals surface area contributed by atoms with Crippen LogP contribution in [0.15, 0.2) is 35.7 Å². The third-order valence-corrected chi connectivity index (χ3v) is 4.43. The third kappa shape index (κ3) is 2.18. The Labute approximate surface area is 111 Å². The number of thiophene rings is 1. The van der Waals surface area contributed by atoms with Crippen LogP contribution in [0.1, 0.15) is 33.6 Å². The predicted octanol–water partition coefficient (Wildman–Crippen LogP) is 3.88. The minimum atomic E-state index is 0.0283. The summed E-state index contributed by atoms with van der Waals surface area (Å²) in [6, 6.07) is 9.63. The second kappa shape index (κ2) is 4.94. The van der Waals surface area contributed by atoms with Crippen molar-refractivity contribution >= 4 is 22.9 Å².